The molecule has 1 aromatic heterocycles. The van der Waals surface area contributed by atoms with Gasteiger partial charge < -0.3 is 15.3 Å². The Bertz CT molecular complexity index is 690. The standard InChI is InChI=1S/C13H11N3O.C2H6O2/c1-9-6-7-13(17)12(8-9)16-14-10-4-2-3-5-11(10)15-16;3-1-2-4/h2-8,17H,1H3;3-4H,1-2H2. The molecule has 0 saturated carbocycles. The molecular weight excluding hydrogens is 270 g/mol. The molecule has 0 atom stereocenters. The lowest BCUT2D eigenvalue weighted by Crippen LogP contribution is -1.99. The van der Waals surface area contributed by atoms with Gasteiger partial charge in [-0.1, -0.05) is 18.2 Å². The van der Waals surface area contributed by atoms with E-state index in [-0.39, 0.29) is 19.0 Å². The Hall–Kier alpha value is -2.44. The second-order valence-corrected chi connectivity index (χ2v) is 4.42. The third-order valence-electron chi connectivity index (χ3n) is 2.73. The number of hydrogen-bond acceptors (Lipinski definition) is 5. The van der Waals surface area contributed by atoms with E-state index in [9.17, 15) is 5.11 Å². The number of hydrogen-bond donors (Lipinski definition) is 3. The number of aromatic nitrogens is 3. The maximum atomic E-state index is 9.81. The number of nitrogens with zero attached hydrogens (tertiary/aromatic N) is 3. The van der Waals surface area contributed by atoms with Crippen LogP contribution in [-0.4, -0.2) is 43.5 Å². The average Bonchev–Trinajstić information content (AvgIpc) is 2.93. The molecule has 3 aromatic rings. The SMILES string of the molecule is Cc1ccc(O)c(-n2nc3ccccc3n2)c1.OCCO. The van der Waals surface area contributed by atoms with E-state index in [1.165, 1.54) is 4.80 Å². The number of aliphatic hydroxyl groups is 2. The van der Waals surface area contributed by atoms with Crippen LogP contribution in [0.5, 0.6) is 5.75 Å². The fourth-order valence-corrected chi connectivity index (χ4v) is 1.76. The summed E-state index contributed by atoms with van der Waals surface area (Å²) in [6, 6.07) is 13.0. The smallest absolute Gasteiger partial charge is 0.143 e. The second-order valence-electron chi connectivity index (χ2n) is 4.42. The molecule has 0 aliphatic carbocycles. The maximum Gasteiger partial charge on any atom is 0.143 e. The third kappa shape index (κ3) is 3.56. The van der Waals surface area contributed by atoms with Crippen molar-refractivity contribution in [3.8, 4) is 11.4 Å². The van der Waals surface area contributed by atoms with Crippen molar-refractivity contribution in [2.45, 2.75) is 6.92 Å². The Morgan fingerprint density at radius 1 is 0.952 bits per heavy atom. The van der Waals surface area contributed by atoms with E-state index in [1.54, 1.807) is 6.07 Å². The molecule has 110 valence electrons. The zero-order valence-corrected chi connectivity index (χ0v) is 11.6. The molecule has 0 aliphatic heterocycles. The van der Waals surface area contributed by atoms with E-state index >= 15 is 0 Å². The Labute approximate surface area is 121 Å². The van der Waals surface area contributed by atoms with Gasteiger partial charge in [0.15, 0.2) is 0 Å². The molecule has 0 spiro atoms. The highest BCUT2D eigenvalue weighted by atomic mass is 16.3. The molecule has 0 saturated heterocycles. The van der Waals surface area contributed by atoms with Crippen molar-refractivity contribution in [3.63, 3.8) is 0 Å². The average molecular weight is 287 g/mol. The molecule has 6 nitrogen and oxygen atoms in total. The van der Waals surface area contributed by atoms with Gasteiger partial charge in [0, 0.05) is 0 Å². The quantitative estimate of drug-likeness (QED) is 0.663. The predicted octanol–water partition coefficient (Wildman–Crippen LogP) is 1.41. The third-order valence-corrected chi connectivity index (χ3v) is 2.73. The Balaban J connectivity index is 0.000000361. The molecule has 6 heteroatoms. The summed E-state index contributed by atoms with van der Waals surface area (Å²) in [6.07, 6.45) is 0. The van der Waals surface area contributed by atoms with Gasteiger partial charge in [-0.25, -0.2) is 0 Å². The molecule has 0 unspecified atom stereocenters. The van der Waals surface area contributed by atoms with E-state index < -0.39 is 0 Å². The molecule has 1 heterocycles. The number of benzene rings is 2. The summed E-state index contributed by atoms with van der Waals surface area (Å²) in [5.74, 6) is 0.177. The van der Waals surface area contributed by atoms with Gasteiger partial charge in [-0.15, -0.1) is 15.0 Å². The summed E-state index contributed by atoms with van der Waals surface area (Å²) in [4.78, 5) is 1.47. The minimum Gasteiger partial charge on any atom is -0.506 e. The van der Waals surface area contributed by atoms with Crippen LogP contribution < -0.4 is 0 Å². The molecule has 0 bridgehead atoms. The zero-order chi connectivity index (χ0) is 15.2. The highest BCUT2D eigenvalue weighted by molar-refractivity contribution is 5.73. The van der Waals surface area contributed by atoms with Gasteiger partial charge in [0.1, 0.15) is 22.5 Å². The number of rotatable bonds is 2. The highest BCUT2D eigenvalue weighted by Gasteiger charge is 2.08. The van der Waals surface area contributed by atoms with Gasteiger partial charge in [0.2, 0.25) is 0 Å². The lowest BCUT2D eigenvalue weighted by molar-refractivity contribution is 0.186. The predicted molar refractivity (Wildman–Crippen MR) is 79.4 cm³/mol. The van der Waals surface area contributed by atoms with E-state index in [1.807, 2.05) is 43.3 Å². The summed E-state index contributed by atoms with van der Waals surface area (Å²) in [7, 11) is 0. The summed E-state index contributed by atoms with van der Waals surface area (Å²) < 4.78 is 0. The second kappa shape index (κ2) is 6.83. The first-order valence-electron chi connectivity index (χ1n) is 6.49. The van der Waals surface area contributed by atoms with Crippen LogP contribution >= 0.6 is 0 Å². The normalized spacial score (nSPS) is 10.2. The van der Waals surface area contributed by atoms with Crippen molar-refractivity contribution in [3.05, 3.63) is 48.0 Å². The number of phenolic OH excluding ortho intramolecular Hbond substituents is 1. The lowest BCUT2D eigenvalue weighted by atomic mass is 10.2. The van der Waals surface area contributed by atoms with Crippen LogP contribution in [-0.2, 0) is 0 Å². The van der Waals surface area contributed by atoms with Gasteiger partial charge in [0.05, 0.1) is 13.2 Å². The Morgan fingerprint density at radius 2 is 1.52 bits per heavy atom. The number of aromatic hydroxyl groups is 1. The van der Waals surface area contributed by atoms with Gasteiger partial charge >= 0.3 is 0 Å². The summed E-state index contributed by atoms with van der Waals surface area (Å²) in [5, 5.41) is 33.7. The molecule has 3 rings (SSSR count). The number of fused-ring (bicyclic) bond motifs is 1. The first-order chi connectivity index (χ1) is 10.2. The molecule has 3 N–H and O–H groups in total. The molecule has 2 aromatic carbocycles. The van der Waals surface area contributed by atoms with E-state index in [0.29, 0.717) is 5.69 Å². The topological polar surface area (TPSA) is 91.4 Å². The van der Waals surface area contributed by atoms with Crippen molar-refractivity contribution in [2.75, 3.05) is 13.2 Å². The first-order valence-corrected chi connectivity index (χ1v) is 6.49. The number of aliphatic hydroxyl groups excluding tert-OH is 2. The van der Waals surface area contributed by atoms with Crippen LogP contribution in [0.3, 0.4) is 0 Å². The van der Waals surface area contributed by atoms with Gasteiger partial charge in [-0.3, -0.25) is 0 Å². The summed E-state index contributed by atoms with van der Waals surface area (Å²) in [6.45, 7) is 1.71. The zero-order valence-electron chi connectivity index (χ0n) is 11.6. The number of phenols is 1. The maximum absolute atomic E-state index is 9.81. The Morgan fingerprint density at radius 3 is 2.05 bits per heavy atom. The minimum atomic E-state index is -0.125. The van der Waals surface area contributed by atoms with Crippen molar-refractivity contribution < 1.29 is 15.3 Å². The fourth-order valence-electron chi connectivity index (χ4n) is 1.76. The minimum absolute atomic E-state index is 0.125. The molecule has 0 radical (unpaired) electrons. The van der Waals surface area contributed by atoms with E-state index in [4.69, 9.17) is 10.2 Å². The summed E-state index contributed by atoms with van der Waals surface area (Å²) >= 11 is 0. The van der Waals surface area contributed by atoms with Gasteiger partial charge in [-0.05, 0) is 36.8 Å². The molecule has 0 amide bonds. The largest absolute Gasteiger partial charge is 0.506 e. The van der Waals surface area contributed by atoms with Crippen molar-refractivity contribution in [1.82, 2.24) is 15.0 Å². The van der Waals surface area contributed by atoms with Crippen LogP contribution in [0.25, 0.3) is 16.7 Å². The van der Waals surface area contributed by atoms with Crippen LogP contribution in [0.2, 0.25) is 0 Å². The van der Waals surface area contributed by atoms with Crippen molar-refractivity contribution >= 4 is 11.0 Å². The van der Waals surface area contributed by atoms with Gasteiger partial charge in [0.25, 0.3) is 0 Å². The van der Waals surface area contributed by atoms with Crippen molar-refractivity contribution in [2.24, 2.45) is 0 Å². The summed E-state index contributed by atoms with van der Waals surface area (Å²) in [5.41, 5.74) is 3.28. The lowest BCUT2D eigenvalue weighted by Gasteiger charge is -2.03. The van der Waals surface area contributed by atoms with Crippen molar-refractivity contribution in [1.29, 1.82) is 0 Å². The first kappa shape index (κ1) is 15.0. The molecule has 21 heavy (non-hydrogen) atoms. The monoisotopic (exact) mass is 287 g/mol. The van der Waals surface area contributed by atoms with Crippen LogP contribution in [0, 0.1) is 6.92 Å². The van der Waals surface area contributed by atoms with Gasteiger partial charge in [-0.2, -0.15) is 0 Å². The van der Waals surface area contributed by atoms with E-state index in [2.05, 4.69) is 10.2 Å². The Kier molecular flexibility index (Phi) is 4.86. The molecule has 0 fully saturated rings. The fraction of sp³-hybridized carbons (Fsp3) is 0.200. The highest BCUT2D eigenvalue weighted by Crippen LogP contribution is 2.22. The number of aryl methyl sites for hydroxylation is 1. The van der Waals surface area contributed by atoms with Crippen LogP contribution in [0.1, 0.15) is 5.56 Å². The van der Waals surface area contributed by atoms with Crippen LogP contribution in [0.4, 0.5) is 0 Å². The molecular formula is C15H17N3O3. The molecule has 0 aliphatic rings. The van der Waals surface area contributed by atoms with E-state index in [0.717, 1.165) is 16.6 Å². The van der Waals surface area contributed by atoms with Crippen LogP contribution in [0.15, 0.2) is 42.5 Å².